The van der Waals surface area contributed by atoms with E-state index in [4.69, 9.17) is 27.9 Å². The minimum atomic E-state index is -0.825. The van der Waals surface area contributed by atoms with Crippen molar-refractivity contribution < 1.29 is 19.1 Å². The molecule has 2 amide bonds. The average molecular weight is 305 g/mol. The number of benzene rings is 1. The third-order valence-corrected chi connectivity index (χ3v) is 2.51. The highest BCUT2D eigenvalue weighted by molar-refractivity contribution is 6.39. The molecule has 0 atom stereocenters. The molecule has 2 N–H and O–H groups in total. The highest BCUT2D eigenvalue weighted by Gasteiger charge is 2.17. The van der Waals surface area contributed by atoms with E-state index in [1.54, 1.807) is 6.07 Å². The van der Waals surface area contributed by atoms with Crippen molar-refractivity contribution in [3.05, 3.63) is 33.8 Å². The van der Waals surface area contributed by atoms with Gasteiger partial charge in [0.1, 0.15) is 0 Å². The van der Waals surface area contributed by atoms with Gasteiger partial charge >= 0.3 is 5.97 Å². The van der Waals surface area contributed by atoms with Crippen molar-refractivity contribution >= 4 is 41.0 Å². The van der Waals surface area contributed by atoms with Gasteiger partial charge in [0.15, 0.2) is 6.61 Å². The summed E-state index contributed by atoms with van der Waals surface area (Å²) < 4.78 is 4.71. The van der Waals surface area contributed by atoms with Gasteiger partial charge < -0.3 is 4.74 Å². The normalized spacial score (nSPS) is 9.63. The molecule has 0 aliphatic carbocycles. The van der Waals surface area contributed by atoms with Crippen LogP contribution in [0.3, 0.4) is 0 Å². The number of halogens is 2. The third-order valence-electron chi connectivity index (χ3n) is 1.88. The molecule has 0 aliphatic heterocycles. The average Bonchev–Trinajstić information content (AvgIpc) is 2.33. The molecule has 1 aromatic rings. The van der Waals surface area contributed by atoms with E-state index in [1.165, 1.54) is 19.1 Å². The van der Waals surface area contributed by atoms with E-state index in [-0.39, 0.29) is 15.6 Å². The number of amides is 2. The lowest BCUT2D eigenvalue weighted by Crippen LogP contribution is -2.42. The predicted molar refractivity (Wildman–Crippen MR) is 68.7 cm³/mol. The van der Waals surface area contributed by atoms with Gasteiger partial charge in [-0.15, -0.1) is 0 Å². The van der Waals surface area contributed by atoms with Crippen molar-refractivity contribution in [1.82, 2.24) is 10.9 Å². The van der Waals surface area contributed by atoms with Gasteiger partial charge in [-0.05, 0) is 12.1 Å². The van der Waals surface area contributed by atoms with Gasteiger partial charge in [0.25, 0.3) is 5.91 Å². The molecule has 6 nitrogen and oxygen atoms in total. The van der Waals surface area contributed by atoms with Crippen molar-refractivity contribution in [2.24, 2.45) is 0 Å². The maximum absolute atomic E-state index is 11.7. The first-order valence-electron chi connectivity index (χ1n) is 5.08. The summed E-state index contributed by atoms with van der Waals surface area (Å²) in [4.78, 5) is 33.4. The molecule has 8 heteroatoms. The summed E-state index contributed by atoms with van der Waals surface area (Å²) in [7, 11) is 0. The topological polar surface area (TPSA) is 84.5 Å². The molecule has 0 aliphatic rings. The number of carbonyl (C=O) groups is 3. The van der Waals surface area contributed by atoms with Crippen LogP contribution in [-0.2, 0) is 14.3 Å². The van der Waals surface area contributed by atoms with E-state index in [0.717, 1.165) is 0 Å². The van der Waals surface area contributed by atoms with Crippen molar-refractivity contribution in [3.8, 4) is 0 Å². The monoisotopic (exact) mass is 304 g/mol. The molecule has 102 valence electrons. The van der Waals surface area contributed by atoms with Gasteiger partial charge in [-0.1, -0.05) is 29.3 Å². The lowest BCUT2D eigenvalue weighted by Gasteiger charge is -2.08. The number of hydrazine groups is 1. The molecule has 0 heterocycles. The van der Waals surface area contributed by atoms with Crippen molar-refractivity contribution in [3.63, 3.8) is 0 Å². The second-order valence-electron chi connectivity index (χ2n) is 3.40. The Kier molecular flexibility index (Phi) is 5.59. The maximum Gasteiger partial charge on any atom is 0.341 e. The zero-order chi connectivity index (χ0) is 14.4. The molecule has 1 aromatic carbocycles. The molecule has 0 radical (unpaired) electrons. The van der Waals surface area contributed by atoms with E-state index in [0.29, 0.717) is 0 Å². The van der Waals surface area contributed by atoms with Crippen LogP contribution < -0.4 is 10.9 Å². The number of nitrogens with one attached hydrogen (secondary N) is 2. The van der Waals surface area contributed by atoms with Crippen LogP contribution >= 0.6 is 23.2 Å². The Hall–Kier alpha value is -1.79. The van der Waals surface area contributed by atoms with Gasteiger partial charge in [-0.25, -0.2) is 4.79 Å². The van der Waals surface area contributed by atoms with Crippen LogP contribution in [0.2, 0.25) is 10.0 Å². The third kappa shape index (κ3) is 4.76. The standard InChI is InChI=1S/C11H10Cl2N2O4/c1-6(16)14-15-9(17)5-19-11(18)10-7(12)3-2-4-8(10)13/h2-4H,5H2,1H3,(H,14,16)(H,15,17). The number of hydrogen-bond acceptors (Lipinski definition) is 4. The number of esters is 1. The van der Waals surface area contributed by atoms with Crippen LogP contribution in [0, 0.1) is 0 Å². The summed E-state index contributed by atoms with van der Waals surface area (Å²) >= 11 is 11.6. The first kappa shape index (κ1) is 15.3. The lowest BCUT2D eigenvalue weighted by atomic mass is 10.2. The second-order valence-corrected chi connectivity index (χ2v) is 4.22. The summed E-state index contributed by atoms with van der Waals surface area (Å²) in [6.07, 6.45) is 0. The molecule has 1 rings (SSSR count). The van der Waals surface area contributed by atoms with E-state index in [1.807, 2.05) is 10.9 Å². The Morgan fingerprint density at radius 1 is 1.16 bits per heavy atom. The zero-order valence-corrected chi connectivity index (χ0v) is 11.3. The summed E-state index contributed by atoms with van der Waals surface area (Å²) in [6, 6.07) is 4.52. The Morgan fingerprint density at radius 2 is 1.74 bits per heavy atom. The quantitative estimate of drug-likeness (QED) is 0.651. The molecule has 0 spiro atoms. The molecule has 0 bridgehead atoms. The number of hydrogen-bond donors (Lipinski definition) is 2. The van der Waals surface area contributed by atoms with E-state index in [2.05, 4.69) is 0 Å². The summed E-state index contributed by atoms with van der Waals surface area (Å²) in [5.74, 6) is -1.96. The van der Waals surface area contributed by atoms with Crippen LogP contribution in [0.5, 0.6) is 0 Å². The molecular weight excluding hydrogens is 295 g/mol. The minimum absolute atomic E-state index is 0.0156. The molecule has 0 aromatic heterocycles. The number of rotatable bonds is 3. The SMILES string of the molecule is CC(=O)NNC(=O)COC(=O)c1c(Cl)cccc1Cl. The Bertz CT molecular complexity index is 499. The highest BCUT2D eigenvalue weighted by Crippen LogP contribution is 2.24. The fraction of sp³-hybridized carbons (Fsp3) is 0.182. The second kappa shape index (κ2) is 6.96. The predicted octanol–water partition coefficient (Wildman–Crippen LogP) is 1.32. The summed E-state index contributed by atoms with van der Waals surface area (Å²) in [5, 5.41) is 0.250. The van der Waals surface area contributed by atoms with Gasteiger partial charge in [0, 0.05) is 6.92 Å². The summed E-state index contributed by atoms with van der Waals surface area (Å²) in [5.41, 5.74) is 4.07. The van der Waals surface area contributed by atoms with Gasteiger partial charge in [0.2, 0.25) is 5.91 Å². The van der Waals surface area contributed by atoms with E-state index in [9.17, 15) is 14.4 Å². The Labute approximate surface area is 119 Å². The van der Waals surface area contributed by atoms with E-state index < -0.39 is 24.4 Å². The van der Waals surface area contributed by atoms with Crippen molar-refractivity contribution in [2.75, 3.05) is 6.61 Å². The smallest absolute Gasteiger partial charge is 0.341 e. The van der Waals surface area contributed by atoms with Crippen molar-refractivity contribution in [1.29, 1.82) is 0 Å². The van der Waals surface area contributed by atoms with Crippen molar-refractivity contribution in [2.45, 2.75) is 6.92 Å². The first-order chi connectivity index (χ1) is 8.91. The highest BCUT2D eigenvalue weighted by atomic mass is 35.5. The van der Waals surface area contributed by atoms with Crippen LogP contribution in [0.25, 0.3) is 0 Å². The van der Waals surface area contributed by atoms with Crippen LogP contribution in [0.1, 0.15) is 17.3 Å². The Morgan fingerprint density at radius 3 is 2.26 bits per heavy atom. The largest absolute Gasteiger partial charge is 0.452 e. The Balaban J connectivity index is 2.56. The molecule has 0 saturated carbocycles. The minimum Gasteiger partial charge on any atom is -0.452 e. The lowest BCUT2D eigenvalue weighted by molar-refractivity contribution is -0.129. The zero-order valence-electron chi connectivity index (χ0n) is 9.83. The molecular formula is C11H10Cl2N2O4. The van der Waals surface area contributed by atoms with E-state index >= 15 is 0 Å². The number of carbonyl (C=O) groups excluding carboxylic acids is 3. The molecule has 0 unspecified atom stereocenters. The van der Waals surface area contributed by atoms with Crippen LogP contribution in [0.4, 0.5) is 0 Å². The van der Waals surface area contributed by atoms with Gasteiger partial charge in [-0.2, -0.15) is 0 Å². The molecule has 0 saturated heterocycles. The van der Waals surface area contributed by atoms with Gasteiger partial charge in [0.05, 0.1) is 15.6 Å². The van der Waals surface area contributed by atoms with Crippen LogP contribution in [0.15, 0.2) is 18.2 Å². The number of ether oxygens (including phenoxy) is 1. The maximum atomic E-state index is 11.7. The van der Waals surface area contributed by atoms with Gasteiger partial charge in [-0.3, -0.25) is 20.4 Å². The molecule has 19 heavy (non-hydrogen) atoms. The summed E-state index contributed by atoms with van der Waals surface area (Å²) in [6.45, 7) is 0.649. The fourth-order valence-electron chi connectivity index (χ4n) is 1.09. The fourth-order valence-corrected chi connectivity index (χ4v) is 1.64. The molecule has 0 fully saturated rings. The van der Waals surface area contributed by atoms with Crippen LogP contribution in [-0.4, -0.2) is 24.4 Å². The first-order valence-corrected chi connectivity index (χ1v) is 5.84.